The van der Waals surface area contributed by atoms with E-state index < -0.39 is 11.7 Å². The normalized spacial score (nSPS) is 19.5. The SMILES string of the molecule is CC(C)(C)OC(=O)N[C@@H]1CCN(C(c2cnccn2)c2cc3c(cc2O)OCO3)C1. The molecule has 0 spiro atoms. The number of aromatic nitrogens is 2. The Hall–Kier alpha value is -3.07. The lowest BCUT2D eigenvalue weighted by atomic mass is 10.0. The quantitative estimate of drug-likeness (QED) is 0.786. The van der Waals surface area contributed by atoms with E-state index in [4.69, 9.17) is 14.2 Å². The summed E-state index contributed by atoms with van der Waals surface area (Å²) in [4.78, 5) is 23.0. The van der Waals surface area contributed by atoms with Gasteiger partial charge < -0.3 is 24.6 Å². The molecule has 9 nitrogen and oxygen atoms in total. The molecule has 0 aliphatic carbocycles. The highest BCUT2D eigenvalue weighted by atomic mass is 16.7. The number of aromatic hydroxyl groups is 1. The van der Waals surface area contributed by atoms with Gasteiger partial charge in [0, 0.05) is 43.2 Å². The highest BCUT2D eigenvalue weighted by molar-refractivity contribution is 5.68. The molecule has 9 heteroatoms. The van der Waals surface area contributed by atoms with Crippen molar-refractivity contribution in [2.45, 2.75) is 44.9 Å². The summed E-state index contributed by atoms with van der Waals surface area (Å²) >= 11 is 0. The number of alkyl carbamates (subject to hydrolysis) is 1. The summed E-state index contributed by atoms with van der Waals surface area (Å²) in [5.41, 5.74) is 0.797. The number of hydrogen-bond donors (Lipinski definition) is 2. The molecule has 2 N–H and O–H groups in total. The number of amides is 1. The van der Waals surface area contributed by atoms with Crippen LogP contribution in [0.25, 0.3) is 0 Å². The summed E-state index contributed by atoms with van der Waals surface area (Å²) in [5.74, 6) is 1.19. The van der Waals surface area contributed by atoms with Crippen LogP contribution in [0.3, 0.4) is 0 Å². The monoisotopic (exact) mass is 414 g/mol. The summed E-state index contributed by atoms with van der Waals surface area (Å²) in [5, 5.41) is 13.6. The highest BCUT2D eigenvalue weighted by Crippen LogP contribution is 2.43. The van der Waals surface area contributed by atoms with Crippen LogP contribution in [0.2, 0.25) is 0 Å². The van der Waals surface area contributed by atoms with E-state index >= 15 is 0 Å². The minimum absolute atomic E-state index is 0.0739. The maximum absolute atomic E-state index is 12.2. The number of carbonyl (C=O) groups is 1. The van der Waals surface area contributed by atoms with Gasteiger partial charge in [0.15, 0.2) is 11.5 Å². The van der Waals surface area contributed by atoms with Crippen LogP contribution in [0.4, 0.5) is 4.79 Å². The maximum Gasteiger partial charge on any atom is 0.407 e. The molecule has 3 heterocycles. The Morgan fingerprint density at radius 2 is 2.07 bits per heavy atom. The summed E-state index contributed by atoms with van der Waals surface area (Å²) < 4.78 is 16.2. The second-order valence-electron chi connectivity index (χ2n) is 8.42. The van der Waals surface area contributed by atoms with Gasteiger partial charge in [0.25, 0.3) is 0 Å². The maximum atomic E-state index is 12.2. The summed E-state index contributed by atoms with van der Waals surface area (Å²) in [6, 6.07) is 2.92. The predicted molar refractivity (Wildman–Crippen MR) is 107 cm³/mol. The number of ether oxygens (including phenoxy) is 3. The van der Waals surface area contributed by atoms with E-state index in [-0.39, 0.29) is 24.6 Å². The standard InChI is InChI=1S/C21H26N4O5/c1-21(2,3)30-20(27)24-13-4-7-25(11-13)19(15-10-22-5-6-23-15)14-8-17-18(9-16(14)26)29-12-28-17/h5-6,8-10,13,19,26H,4,7,11-12H2,1-3H3,(H,24,27)/t13-,19?/m1/s1. The molecule has 2 aromatic rings. The van der Waals surface area contributed by atoms with Crippen molar-refractivity contribution in [2.24, 2.45) is 0 Å². The second kappa shape index (κ2) is 7.98. The van der Waals surface area contributed by atoms with Crippen LogP contribution in [0.5, 0.6) is 17.2 Å². The molecule has 0 saturated carbocycles. The van der Waals surface area contributed by atoms with Crippen LogP contribution in [-0.4, -0.2) is 57.6 Å². The fourth-order valence-corrected chi connectivity index (χ4v) is 3.77. The molecule has 30 heavy (non-hydrogen) atoms. The van der Waals surface area contributed by atoms with E-state index in [0.717, 1.165) is 6.42 Å². The van der Waals surface area contributed by atoms with E-state index in [2.05, 4.69) is 20.2 Å². The average molecular weight is 414 g/mol. The molecule has 0 bridgehead atoms. The molecule has 0 radical (unpaired) electrons. The van der Waals surface area contributed by atoms with Crippen LogP contribution in [0.1, 0.15) is 44.5 Å². The van der Waals surface area contributed by atoms with Gasteiger partial charge in [-0.05, 0) is 33.3 Å². The Kier molecular flexibility index (Phi) is 5.38. The highest BCUT2D eigenvalue weighted by Gasteiger charge is 2.35. The smallest absolute Gasteiger partial charge is 0.407 e. The van der Waals surface area contributed by atoms with Crippen molar-refractivity contribution in [2.75, 3.05) is 19.9 Å². The van der Waals surface area contributed by atoms with Gasteiger partial charge in [0.2, 0.25) is 6.79 Å². The zero-order valence-electron chi connectivity index (χ0n) is 17.3. The molecular formula is C21H26N4O5. The van der Waals surface area contributed by atoms with Gasteiger partial charge in [-0.3, -0.25) is 14.9 Å². The largest absolute Gasteiger partial charge is 0.507 e. The van der Waals surface area contributed by atoms with Crippen LogP contribution in [0.15, 0.2) is 30.7 Å². The Morgan fingerprint density at radius 1 is 1.30 bits per heavy atom. The van der Waals surface area contributed by atoms with Gasteiger partial charge in [-0.2, -0.15) is 0 Å². The van der Waals surface area contributed by atoms with Gasteiger partial charge in [-0.15, -0.1) is 0 Å². The van der Waals surface area contributed by atoms with E-state index in [1.54, 1.807) is 30.7 Å². The number of benzene rings is 1. The molecular weight excluding hydrogens is 388 g/mol. The van der Waals surface area contributed by atoms with Crippen molar-refractivity contribution >= 4 is 6.09 Å². The lowest BCUT2D eigenvalue weighted by Gasteiger charge is -2.28. The third-order valence-corrected chi connectivity index (χ3v) is 4.99. The average Bonchev–Trinajstić information content (AvgIpc) is 3.31. The van der Waals surface area contributed by atoms with Crippen LogP contribution < -0.4 is 14.8 Å². The first-order valence-electron chi connectivity index (χ1n) is 9.92. The first-order valence-corrected chi connectivity index (χ1v) is 9.92. The van der Waals surface area contributed by atoms with Crippen molar-refractivity contribution in [3.63, 3.8) is 0 Å². The Balaban J connectivity index is 1.57. The van der Waals surface area contributed by atoms with Crippen molar-refractivity contribution in [3.05, 3.63) is 42.0 Å². The van der Waals surface area contributed by atoms with E-state index in [9.17, 15) is 9.90 Å². The number of likely N-dealkylation sites (tertiary alicyclic amines) is 1. The fourth-order valence-electron chi connectivity index (χ4n) is 3.77. The lowest BCUT2D eigenvalue weighted by molar-refractivity contribution is 0.0505. The molecule has 1 fully saturated rings. The third-order valence-electron chi connectivity index (χ3n) is 4.99. The number of fused-ring (bicyclic) bond motifs is 1. The molecule has 160 valence electrons. The molecule has 2 aliphatic rings. The summed E-state index contributed by atoms with van der Waals surface area (Å²) in [7, 11) is 0. The Labute approximate surface area is 175 Å². The van der Waals surface area contributed by atoms with Crippen molar-refractivity contribution in [1.82, 2.24) is 20.2 Å². The molecule has 2 aliphatic heterocycles. The zero-order chi connectivity index (χ0) is 21.3. The minimum Gasteiger partial charge on any atom is -0.507 e. The number of phenolic OH excluding ortho intramolecular Hbond substituents is 1. The topological polar surface area (TPSA) is 106 Å². The van der Waals surface area contributed by atoms with Gasteiger partial charge in [0.1, 0.15) is 11.4 Å². The predicted octanol–water partition coefficient (Wildman–Crippen LogP) is 2.60. The number of nitrogens with zero attached hydrogens (tertiary/aromatic N) is 3. The molecule has 4 rings (SSSR count). The molecule has 1 amide bonds. The Bertz CT molecular complexity index is 916. The van der Waals surface area contributed by atoms with Crippen LogP contribution >= 0.6 is 0 Å². The fraction of sp³-hybridized carbons (Fsp3) is 0.476. The van der Waals surface area contributed by atoms with E-state index in [1.165, 1.54) is 0 Å². The van der Waals surface area contributed by atoms with Crippen molar-refractivity contribution in [3.8, 4) is 17.2 Å². The zero-order valence-corrected chi connectivity index (χ0v) is 17.3. The number of rotatable bonds is 4. The third kappa shape index (κ3) is 4.40. The van der Waals surface area contributed by atoms with Gasteiger partial charge in [0.05, 0.1) is 17.9 Å². The molecule has 1 unspecified atom stereocenters. The van der Waals surface area contributed by atoms with Crippen LogP contribution in [0, 0.1) is 0 Å². The van der Waals surface area contributed by atoms with Crippen molar-refractivity contribution < 1.29 is 24.1 Å². The molecule has 1 aromatic carbocycles. The first-order chi connectivity index (χ1) is 14.3. The summed E-state index contributed by atoms with van der Waals surface area (Å²) in [6.45, 7) is 6.91. The van der Waals surface area contributed by atoms with Gasteiger partial charge >= 0.3 is 6.09 Å². The van der Waals surface area contributed by atoms with Gasteiger partial charge in [-0.1, -0.05) is 0 Å². The lowest BCUT2D eigenvalue weighted by Crippen LogP contribution is -2.41. The molecule has 2 atom stereocenters. The van der Waals surface area contributed by atoms with Crippen LogP contribution in [-0.2, 0) is 4.74 Å². The van der Waals surface area contributed by atoms with E-state index in [1.807, 2.05) is 20.8 Å². The van der Waals surface area contributed by atoms with Crippen molar-refractivity contribution in [1.29, 1.82) is 0 Å². The number of carbonyl (C=O) groups excluding carboxylic acids is 1. The first kappa shape index (κ1) is 20.2. The Morgan fingerprint density at radius 3 is 2.77 bits per heavy atom. The minimum atomic E-state index is -0.553. The number of hydrogen-bond acceptors (Lipinski definition) is 8. The number of phenols is 1. The van der Waals surface area contributed by atoms with Gasteiger partial charge in [-0.25, -0.2) is 4.79 Å². The molecule has 1 saturated heterocycles. The number of nitrogens with one attached hydrogen (secondary N) is 1. The second-order valence-corrected chi connectivity index (χ2v) is 8.42. The summed E-state index contributed by atoms with van der Waals surface area (Å²) in [6.07, 6.45) is 5.23. The van der Waals surface area contributed by atoms with E-state index in [0.29, 0.717) is 35.8 Å². The molecule has 1 aromatic heterocycles.